The molecule has 0 heterocycles. The Morgan fingerprint density at radius 1 is 0.730 bits per heavy atom. The maximum Gasteiger partial charge on any atom is 0.122 e. The zero-order valence-corrected chi connectivity index (χ0v) is 23.4. The van der Waals surface area contributed by atoms with Crippen LogP contribution in [0.4, 0.5) is 0 Å². The molecule has 2 aromatic carbocycles. The first-order valence-corrected chi connectivity index (χ1v) is 14.3. The molecule has 0 spiro atoms. The maximum atomic E-state index is 11.4. The molecule has 37 heavy (non-hydrogen) atoms. The van der Waals surface area contributed by atoms with E-state index < -0.39 is 0 Å². The van der Waals surface area contributed by atoms with Crippen LogP contribution < -0.4 is 0 Å². The zero-order chi connectivity index (χ0) is 26.9. The molecule has 4 N–H and O–H groups in total. The molecule has 2 unspecified atom stereocenters. The second kappa shape index (κ2) is 14.0. The molecule has 0 radical (unpaired) electrons. The number of rotatable bonds is 13. The average molecular weight is 509 g/mol. The van der Waals surface area contributed by atoms with Gasteiger partial charge in [0.1, 0.15) is 11.5 Å². The van der Waals surface area contributed by atoms with Crippen molar-refractivity contribution in [1.82, 2.24) is 0 Å². The lowest BCUT2D eigenvalue weighted by Gasteiger charge is -2.36. The molecule has 0 aliphatic heterocycles. The molecule has 0 saturated heterocycles. The van der Waals surface area contributed by atoms with Gasteiger partial charge in [-0.25, -0.2) is 0 Å². The molecule has 204 valence electrons. The number of hydrogen-bond donors (Lipinski definition) is 4. The molecule has 1 aliphatic carbocycles. The fourth-order valence-corrected chi connectivity index (χ4v) is 6.18. The first-order chi connectivity index (χ1) is 17.8. The monoisotopic (exact) mass is 508 g/mol. The SMILES string of the molecule is CC1=CC(C)C(C(c2cc(CCCCCO)cc(C)c2O)c2cc(CCCCCO)cc(C)c2O)CC1. The van der Waals surface area contributed by atoms with Crippen molar-refractivity contribution in [1.29, 1.82) is 0 Å². The number of allylic oxidation sites excluding steroid dienone is 2. The van der Waals surface area contributed by atoms with Crippen LogP contribution in [0, 0.1) is 25.7 Å². The summed E-state index contributed by atoms with van der Waals surface area (Å²) in [4.78, 5) is 0. The van der Waals surface area contributed by atoms with E-state index in [4.69, 9.17) is 10.2 Å². The van der Waals surface area contributed by atoms with E-state index in [1.54, 1.807) is 0 Å². The van der Waals surface area contributed by atoms with Crippen LogP contribution in [-0.2, 0) is 12.8 Å². The van der Waals surface area contributed by atoms with Crippen LogP contribution >= 0.6 is 0 Å². The van der Waals surface area contributed by atoms with Crippen LogP contribution in [0.15, 0.2) is 35.9 Å². The number of aliphatic hydroxyl groups is 2. The topological polar surface area (TPSA) is 80.9 Å². The summed E-state index contributed by atoms with van der Waals surface area (Å²) in [7, 11) is 0. The van der Waals surface area contributed by atoms with Gasteiger partial charge in [-0.2, -0.15) is 0 Å². The van der Waals surface area contributed by atoms with Gasteiger partial charge in [-0.1, -0.05) is 55.7 Å². The van der Waals surface area contributed by atoms with Gasteiger partial charge in [-0.05, 0) is 106 Å². The van der Waals surface area contributed by atoms with E-state index in [9.17, 15) is 10.2 Å². The van der Waals surface area contributed by atoms with E-state index in [0.29, 0.717) is 17.4 Å². The average Bonchev–Trinajstić information content (AvgIpc) is 2.86. The number of hydrogen-bond acceptors (Lipinski definition) is 4. The minimum absolute atomic E-state index is 0.105. The first kappa shape index (κ1) is 29.3. The Morgan fingerprint density at radius 3 is 1.65 bits per heavy atom. The molecule has 4 heteroatoms. The van der Waals surface area contributed by atoms with E-state index in [-0.39, 0.29) is 25.0 Å². The smallest absolute Gasteiger partial charge is 0.122 e. The fourth-order valence-electron chi connectivity index (χ4n) is 6.18. The van der Waals surface area contributed by atoms with Gasteiger partial charge >= 0.3 is 0 Å². The van der Waals surface area contributed by atoms with Crippen molar-refractivity contribution in [3.05, 3.63) is 69.3 Å². The Bertz CT molecular complexity index is 987. The highest BCUT2D eigenvalue weighted by molar-refractivity contribution is 5.54. The maximum absolute atomic E-state index is 11.4. The quantitative estimate of drug-likeness (QED) is 0.170. The molecule has 2 atom stereocenters. The van der Waals surface area contributed by atoms with Crippen LogP contribution in [0.25, 0.3) is 0 Å². The van der Waals surface area contributed by atoms with E-state index in [0.717, 1.165) is 86.5 Å². The minimum atomic E-state index is -0.105. The van der Waals surface area contributed by atoms with Gasteiger partial charge in [0, 0.05) is 30.3 Å². The number of phenols is 2. The summed E-state index contributed by atoms with van der Waals surface area (Å²) in [5, 5.41) is 41.1. The lowest BCUT2D eigenvalue weighted by atomic mass is 9.68. The second-order valence-electron chi connectivity index (χ2n) is 11.3. The highest BCUT2D eigenvalue weighted by Crippen LogP contribution is 2.49. The Labute approximate surface area is 224 Å². The fraction of sp³-hybridized carbons (Fsp3) is 0.576. The molecule has 0 fully saturated rings. The molecule has 4 nitrogen and oxygen atoms in total. The van der Waals surface area contributed by atoms with Crippen molar-refractivity contribution in [2.75, 3.05) is 13.2 Å². The summed E-state index contributed by atoms with van der Waals surface area (Å²) in [6.07, 6.45) is 11.9. The van der Waals surface area contributed by atoms with Crippen LogP contribution in [-0.4, -0.2) is 33.6 Å². The van der Waals surface area contributed by atoms with Crippen molar-refractivity contribution in [2.24, 2.45) is 11.8 Å². The van der Waals surface area contributed by atoms with Crippen molar-refractivity contribution in [3.63, 3.8) is 0 Å². The second-order valence-corrected chi connectivity index (χ2v) is 11.3. The summed E-state index contributed by atoms with van der Waals surface area (Å²) in [5.74, 6) is 1.18. The van der Waals surface area contributed by atoms with Crippen molar-refractivity contribution in [2.45, 2.75) is 97.8 Å². The zero-order valence-electron chi connectivity index (χ0n) is 23.4. The molecule has 1 aliphatic rings. The molecular formula is C33H48O4. The van der Waals surface area contributed by atoms with Gasteiger partial charge in [0.25, 0.3) is 0 Å². The summed E-state index contributed by atoms with van der Waals surface area (Å²) in [6.45, 7) is 8.87. The predicted molar refractivity (Wildman–Crippen MR) is 152 cm³/mol. The summed E-state index contributed by atoms with van der Waals surface area (Å²) in [6, 6.07) is 8.52. The number of unbranched alkanes of at least 4 members (excludes halogenated alkanes) is 4. The third-order valence-corrected chi connectivity index (χ3v) is 8.22. The highest BCUT2D eigenvalue weighted by atomic mass is 16.3. The lowest BCUT2D eigenvalue weighted by molar-refractivity contribution is 0.283. The Morgan fingerprint density at radius 2 is 1.22 bits per heavy atom. The van der Waals surface area contributed by atoms with Crippen molar-refractivity contribution < 1.29 is 20.4 Å². The third-order valence-electron chi connectivity index (χ3n) is 8.22. The van der Waals surface area contributed by atoms with Gasteiger partial charge < -0.3 is 20.4 Å². The number of aromatic hydroxyl groups is 2. The number of phenolic OH excluding ortho intramolecular Hbond substituents is 2. The van der Waals surface area contributed by atoms with Crippen molar-refractivity contribution in [3.8, 4) is 11.5 Å². The van der Waals surface area contributed by atoms with Crippen LogP contribution in [0.2, 0.25) is 0 Å². The standard InChI is InChI=1S/C33H48O4/c1-22-13-14-28(23(2)17-22)31(29-20-26(11-7-5-9-15-34)18-24(3)32(29)36)30-21-27(12-8-6-10-16-35)19-25(4)33(30)37/h17-21,23,28,31,34-37H,5-16H2,1-4H3. The molecule has 3 rings (SSSR count). The summed E-state index contributed by atoms with van der Waals surface area (Å²) >= 11 is 0. The van der Waals surface area contributed by atoms with Crippen LogP contribution in [0.1, 0.15) is 105 Å². The number of aryl methyl sites for hydroxylation is 4. The molecular weight excluding hydrogens is 460 g/mol. The first-order valence-electron chi connectivity index (χ1n) is 14.3. The molecule has 0 bridgehead atoms. The predicted octanol–water partition coefficient (Wildman–Crippen LogP) is 7.25. The van der Waals surface area contributed by atoms with Gasteiger partial charge in [0.2, 0.25) is 0 Å². The Kier molecular flexibility index (Phi) is 11.1. The molecule has 0 amide bonds. The van der Waals surface area contributed by atoms with E-state index in [2.05, 4.69) is 44.2 Å². The third kappa shape index (κ3) is 7.61. The molecule has 2 aromatic rings. The highest BCUT2D eigenvalue weighted by Gasteiger charge is 2.35. The minimum Gasteiger partial charge on any atom is -0.507 e. The lowest BCUT2D eigenvalue weighted by Crippen LogP contribution is -2.24. The number of aliphatic hydroxyl groups excluding tert-OH is 2. The molecule has 0 aromatic heterocycles. The van der Waals surface area contributed by atoms with E-state index in [1.807, 2.05) is 13.8 Å². The normalized spacial score (nSPS) is 17.9. The Hall–Kier alpha value is -2.30. The largest absolute Gasteiger partial charge is 0.507 e. The summed E-state index contributed by atoms with van der Waals surface area (Å²) < 4.78 is 0. The summed E-state index contributed by atoms with van der Waals surface area (Å²) in [5.41, 5.74) is 7.44. The van der Waals surface area contributed by atoms with E-state index in [1.165, 1.54) is 16.7 Å². The van der Waals surface area contributed by atoms with Gasteiger partial charge in [0.15, 0.2) is 0 Å². The van der Waals surface area contributed by atoms with Gasteiger partial charge in [0.05, 0.1) is 0 Å². The number of benzene rings is 2. The van der Waals surface area contributed by atoms with E-state index >= 15 is 0 Å². The van der Waals surface area contributed by atoms with Crippen molar-refractivity contribution >= 4 is 0 Å². The molecule has 0 saturated carbocycles. The Balaban J connectivity index is 2.09. The van der Waals surface area contributed by atoms with Gasteiger partial charge in [-0.15, -0.1) is 0 Å². The van der Waals surface area contributed by atoms with Crippen LogP contribution in [0.3, 0.4) is 0 Å². The van der Waals surface area contributed by atoms with Crippen LogP contribution in [0.5, 0.6) is 11.5 Å². The van der Waals surface area contributed by atoms with Gasteiger partial charge in [-0.3, -0.25) is 0 Å².